The highest BCUT2D eigenvalue weighted by Gasteiger charge is 2.24. The summed E-state index contributed by atoms with van der Waals surface area (Å²) in [5.41, 5.74) is 3.93. The van der Waals surface area contributed by atoms with Crippen molar-refractivity contribution in [3.05, 3.63) is 55.6 Å². The van der Waals surface area contributed by atoms with E-state index in [1.54, 1.807) is 23.9 Å². The first-order valence-corrected chi connectivity index (χ1v) is 12.6. The summed E-state index contributed by atoms with van der Waals surface area (Å²) in [5.74, 6) is 0.846. The summed E-state index contributed by atoms with van der Waals surface area (Å²) in [5, 5.41) is 8.07. The predicted molar refractivity (Wildman–Crippen MR) is 115 cm³/mol. The van der Waals surface area contributed by atoms with Crippen molar-refractivity contribution >= 4 is 45.1 Å². The number of thioether (sulfide) groups is 1. The number of benzene rings is 1. The molecule has 148 valence electrons. The molecule has 0 unspecified atom stereocenters. The number of amides is 1. The lowest BCUT2D eigenvalue weighted by Gasteiger charge is -2.16. The normalized spacial score (nSPS) is 16.1. The molecule has 4 rings (SSSR count). The van der Waals surface area contributed by atoms with E-state index in [1.807, 2.05) is 17.4 Å². The van der Waals surface area contributed by atoms with Crippen molar-refractivity contribution < 1.29 is 13.2 Å². The second-order valence-corrected chi connectivity index (χ2v) is 10.8. The molecule has 0 spiro atoms. The number of hydrogen-bond acceptors (Lipinski definition) is 5. The number of hydrogen-bond donors (Lipinski definition) is 2. The second-order valence-electron chi connectivity index (χ2n) is 7.05. The molecular weight excluding hydrogens is 412 g/mol. The van der Waals surface area contributed by atoms with Crippen molar-refractivity contribution in [2.75, 3.05) is 6.54 Å². The fourth-order valence-corrected chi connectivity index (χ4v) is 6.69. The van der Waals surface area contributed by atoms with Crippen LogP contribution in [-0.4, -0.2) is 20.9 Å². The maximum Gasteiger partial charge on any atom is 0.257 e. The second kappa shape index (κ2) is 8.02. The van der Waals surface area contributed by atoms with E-state index in [2.05, 4.69) is 5.32 Å². The number of nitrogens with one attached hydrogen (secondary N) is 1. The minimum absolute atomic E-state index is 0.0387. The van der Waals surface area contributed by atoms with E-state index in [4.69, 9.17) is 5.14 Å². The molecule has 0 saturated heterocycles. The van der Waals surface area contributed by atoms with Crippen LogP contribution in [0.25, 0.3) is 6.08 Å². The zero-order valence-electron chi connectivity index (χ0n) is 15.4. The van der Waals surface area contributed by atoms with Gasteiger partial charge < -0.3 is 5.32 Å². The topological polar surface area (TPSA) is 89.3 Å². The average Bonchev–Trinajstić information content (AvgIpc) is 3.05. The monoisotopic (exact) mass is 434 g/mol. The number of carbonyl (C=O) groups excluding carboxylic acids is 1. The van der Waals surface area contributed by atoms with E-state index in [0.29, 0.717) is 13.0 Å². The first kappa shape index (κ1) is 19.7. The number of primary sulfonamides is 1. The highest BCUT2D eigenvalue weighted by Crippen LogP contribution is 2.42. The summed E-state index contributed by atoms with van der Waals surface area (Å²) in [7, 11) is -3.67. The van der Waals surface area contributed by atoms with Gasteiger partial charge in [0, 0.05) is 22.1 Å². The van der Waals surface area contributed by atoms with Gasteiger partial charge in [0.15, 0.2) is 0 Å². The Kier molecular flexibility index (Phi) is 5.64. The van der Waals surface area contributed by atoms with E-state index >= 15 is 0 Å². The largest absolute Gasteiger partial charge is 0.351 e. The number of sulfonamides is 1. The van der Waals surface area contributed by atoms with Gasteiger partial charge in [0.05, 0.1) is 9.80 Å². The summed E-state index contributed by atoms with van der Waals surface area (Å²) >= 11 is 3.47. The van der Waals surface area contributed by atoms with Crippen LogP contribution < -0.4 is 10.5 Å². The minimum atomic E-state index is -3.67. The van der Waals surface area contributed by atoms with Gasteiger partial charge in [-0.05, 0) is 67.0 Å². The molecule has 3 N–H and O–H groups in total. The molecule has 1 aromatic carbocycles. The number of carbonyl (C=O) groups is 1. The van der Waals surface area contributed by atoms with E-state index in [1.165, 1.54) is 58.7 Å². The van der Waals surface area contributed by atoms with Crippen LogP contribution in [-0.2, 0) is 39.8 Å². The molecule has 1 aromatic heterocycles. The predicted octanol–water partition coefficient (Wildman–Crippen LogP) is 3.22. The molecule has 2 heterocycles. The Morgan fingerprint density at radius 2 is 1.86 bits per heavy atom. The van der Waals surface area contributed by atoms with E-state index in [-0.39, 0.29) is 10.8 Å². The first-order valence-electron chi connectivity index (χ1n) is 9.29. The number of rotatable bonds is 5. The Morgan fingerprint density at radius 1 is 1.11 bits per heavy atom. The third-order valence-corrected chi connectivity index (χ3v) is 8.38. The van der Waals surface area contributed by atoms with Crippen molar-refractivity contribution in [3.8, 4) is 0 Å². The van der Waals surface area contributed by atoms with E-state index in [9.17, 15) is 13.2 Å². The number of nitrogens with two attached hydrogens (primary N) is 1. The lowest BCUT2D eigenvalue weighted by molar-refractivity contribution is -0.116. The van der Waals surface area contributed by atoms with Gasteiger partial charge in [-0.2, -0.15) is 0 Å². The molecule has 2 aliphatic rings. The van der Waals surface area contributed by atoms with Crippen molar-refractivity contribution in [1.29, 1.82) is 0 Å². The van der Waals surface area contributed by atoms with Crippen LogP contribution >= 0.6 is 23.1 Å². The molecule has 5 nitrogen and oxygen atoms in total. The molecule has 0 radical (unpaired) electrons. The maximum atomic E-state index is 12.5. The average molecular weight is 435 g/mol. The zero-order chi connectivity index (χ0) is 19.7. The molecule has 1 aliphatic carbocycles. The number of thiophene rings is 1. The van der Waals surface area contributed by atoms with Gasteiger partial charge in [0.1, 0.15) is 0 Å². The third-order valence-electron chi connectivity index (χ3n) is 5.12. The Bertz CT molecular complexity index is 1040. The summed E-state index contributed by atoms with van der Waals surface area (Å²) in [6.45, 7) is 0.499. The molecule has 8 heteroatoms. The van der Waals surface area contributed by atoms with Gasteiger partial charge in [-0.1, -0.05) is 12.1 Å². The van der Waals surface area contributed by atoms with Crippen LogP contribution in [0.15, 0.2) is 34.1 Å². The highest BCUT2D eigenvalue weighted by molar-refractivity contribution is 8.03. The molecule has 0 saturated carbocycles. The molecule has 0 bridgehead atoms. The lowest BCUT2D eigenvalue weighted by atomic mass is 9.95. The molecular formula is C20H22N2O3S3. The molecule has 2 aromatic rings. The molecule has 0 fully saturated rings. The summed E-state index contributed by atoms with van der Waals surface area (Å²) < 4.78 is 22.6. The van der Waals surface area contributed by atoms with E-state index < -0.39 is 10.0 Å². The summed E-state index contributed by atoms with van der Waals surface area (Å²) in [6.07, 6.45) is 7.58. The van der Waals surface area contributed by atoms with Crippen LogP contribution in [0.5, 0.6) is 0 Å². The zero-order valence-corrected chi connectivity index (χ0v) is 17.8. The van der Waals surface area contributed by atoms with Crippen molar-refractivity contribution in [2.45, 2.75) is 42.8 Å². The van der Waals surface area contributed by atoms with Gasteiger partial charge in [-0.3, -0.25) is 4.79 Å². The van der Waals surface area contributed by atoms with Crippen LogP contribution in [0.2, 0.25) is 0 Å². The lowest BCUT2D eigenvalue weighted by Crippen LogP contribution is -2.26. The van der Waals surface area contributed by atoms with Crippen LogP contribution in [0.4, 0.5) is 0 Å². The summed E-state index contributed by atoms with van der Waals surface area (Å²) in [4.78, 5) is 16.2. The Hall–Kier alpha value is -1.61. The van der Waals surface area contributed by atoms with Crippen LogP contribution in [0.3, 0.4) is 0 Å². The first-order chi connectivity index (χ1) is 13.4. The molecule has 1 aliphatic heterocycles. The third kappa shape index (κ3) is 4.20. The Labute approximate surface area is 173 Å². The fraction of sp³-hybridized carbons (Fsp3) is 0.350. The van der Waals surface area contributed by atoms with Gasteiger partial charge in [0.25, 0.3) is 5.91 Å². The number of fused-ring (bicyclic) bond motifs is 3. The van der Waals surface area contributed by atoms with E-state index in [0.717, 1.165) is 16.2 Å². The van der Waals surface area contributed by atoms with Crippen molar-refractivity contribution in [2.24, 2.45) is 5.14 Å². The fourth-order valence-electron chi connectivity index (χ4n) is 3.62. The number of aryl methyl sites for hydroxylation is 1. The smallest absolute Gasteiger partial charge is 0.257 e. The van der Waals surface area contributed by atoms with Gasteiger partial charge in [0.2, 0.25) is 10.0 Å². The van der Waals surface area contributed by atoms with Crippen LogP contribution in [0.1, 0.15) is 39.3 Å². The van der Waals surface area contributed by atoms with Gasteiger partial charge in [-0.25, -0.2) is 13.6 Å². The summed E-state index contributed by atoms with van der Waals surface area (Å²) in [6, 6.07) is 6.43. The molecule has 0 atom stereocenters. The van der Waals surface area contributed by atoms with Gasteiger partial charge in [-0.15, -0.1) is 23.1 Å². The van der Waals surface area contributed by atoms with Crippen molar-refractivity contribution in [3.63, 3.8) is 0 Å². The molecule has 1 amide bonds. The van der Waals surface area contributed by atoms with Crippen molar-refractivity contribution in [1.82, 2.24) is 5.32 Å². The minimum Gasteiger partial charge on any atom is -0.351 e. The SMILES string of the molecule is NS(=O)(=O)c1ccc(CCNC(=O)C2=Cc3sc4c(c3CS2)CCCC4)cc1. The van der Waals surface area contributed by atoms with Crippen LogP contribution in [0, 0.1) is 0 Å². The standard InChI is InChI=1S/C20H22N2O3S3/c21-28(24,25)14-7-5-13(6-8-14)9-10-22-20(23)19-11-18-16(12-26-19)15-3-1-2-4-17(15)27-18/h5-8,11H,1-4,9-10,12H2,(H,22,23)(H2,21,24,25). The highest BCUT2D eigenvalue weighted by atomic mass is 32.2. The maximum absolute atomic E-state index is 12.5. The molecule has 28 heavy (non-hydrogen) atoms. The Balaban J connectivity index is 1.36. The Morgan fingerprint density at radius 3 is 2.61 bits per heavy atom. The quantitative estimate of drug-likeness (QED) is 0.756. The van der Waals surface area contributed by atoms with Gasteiger partial charge >= 0.3 is 0 Å².